The third-order valence-electron chi connectivity index (χ3n) is 2.82. The van der Waals surface area contributed by atoms with E-state index < -0.39 is 23.8 Å². The van der Waals surface area contributed by atoms with Crippen LogP contribution < -0.4 is 5.32 Å². The first kappa shape index (κ1) is 16.2. The Morgan fingerprint density at radius 3 is 2.86 bits per heavy atom. The van der Waals surface area contributed by atoms with Crippen molar-refractivity contribution in [1.29, 1.82) is 0 Å². The van der Waals surface area contributed by atoms with Gasteiger partial charge in [0.15, 0.2) is 6.10 Å². The number of carbonyl (C=O) groups excluding carboxylic acids is 2. The van der Waals surface area contributed by atoms with E-state index in [1.165, 1.54) is 25.3 Å². The summed E-state index contributed by atoms with van der Waals surface area (Å²) in [5, 5.41) is 2.57. The van der Waals surface area contributed by atoms with Gasteiger partial charge < -0.3 is 14.5 Å². The fourth-order valence-corrected chi connectivity index (χ4v) is 2.07. The number of hydrogen-bond acceptors (Lipinski definition) is 4. The summed E-state index contributed by atoms with van der Waals surface area (Å²) in [6, 6.07) is 7.06. The molecule has 0 spiro atoms. The maximum absolute atomic E-state index is 13.2. The van der Waals surface area contributed by atoms with E-state index in [9.17, 15) is 14.0 Å². The van der Waals surface area contributed by atoms with Crippen LogP contribution in [0.3, 0.4) is 0 Å². The highest BCUT2D eigenvalue weighted by Crippen LogP contribution is 2.19. The number of benzene rings is 1. The molecule has 1 amide bonds. The van der Waals surface area contributed by atoms with Crippen LogP contribution in [0.15, 0.2) is 45.5 Å². The van der Waals surface area contributed by atoms with Crippen molar-refractivity contribution in [3.8, 4) is 0 Å². The van der Waals surface area contributed by atoms with Crippen molar-refractivity contribution in [2.24, 2.45) is 0 Å². The van der Waals surface area contributed by atoms with E-state index in [2.05, 4.69) is 21.2 Å². The van der Waals surface area contributed by atoms with Crippen molar-refractivity contribution < 1.29 is 23.1 Å². The molecule has 1 atom stereocenters. The average molecular weight is 370 g/mol. The first-order chi connectivity index (χ1) is 10.5. The van der Waals surface area contributed by atoms with Crippen molar-refractivity contribution in [1.82, 2.24) is 5.32 Å². The molecule has 2 rings (SSSR count). The molecule has 0 saturated carbocycles. The second-order valence-electron chi connectivity index (χ2n) is 4.47. The van der Waals surface area contributed by atoms with Gasteiger partial charge in [-0.05, 0) is 53.2 Å². The maximum atomic E-state index is 13.2. The van der Waals surface area contributed by atoms with Crippen molar-refractivity contribution >= 4 is 27.8 Å². The normalized spacial score (nSPS) is 11.8. The molecule has 0 aliphatic rings. The van der Waals surface area contributed by atoms with Crippen LogP contribution in [0.1, 0.15) is 23.0 Å². The van der Waals surface area contributed by atoms with Crippen LogP contribution in [0.25, 0.3) is 0 Å². The zero-order valence-electron chi connectivity index (χ0n) is 11.6. The Morgan fingerprint density at radius 2 is 2.18 bits per heavy atom. The molecule has 116 valence electrons. The number of hydrogen-bond donors (Lipinski definition) is 1. The molecule has 0 aliphatic heterocycles. The SMILES string of the molecule is CC(OC(=O)c1cc(F)ccc1Br)C(=O)NCc1ccco1. The number of ether oxygens (including phenoxy) is 1. The monoisotopic (exact) mass is 369 g/mol. The molecule has 0 radical (unpaired) electrons. The Hall–Kier alpha value is -2.15. The molecule has 2 aromatic rings. The molecular weight excluding hydrogens is 357 g/mol. The van der Waals surface area contributed by atoms with E-state index in [0.717, 1.165) is 6.07 Å². The summed E-state index contributed by atoms with van der Waals surface area (Å²) < 4.78 is 23.7. The smallest absolute Gasteiger partial charge is 0.340 e. The van der Waals surface area contributed by atoms with Crippen molar-refractivity contribution in [2.45, 2.75) is 19.6 Å². The molecule has 1 heterocycles. The van der Waals surface area contributed by atoms with Crippen LogP contribution in [0, 0.1) is 5.82 Å². The number of amides is 1. The number of carbonyl (C=O) groups is 2. The number of rotatable bonds is 5. The van der Waals surface area contributed by atoms with Gasteiger partial charge in [0.1, 0.15) is 11.6 Å². The van der Waals surface area contributed by atoms with Crippen LogP contribution >= 0.6 is 15.9 Å². The Labute approximate surface area is 134 Å². The minimum Gasteiger partial charge on any atom is -0.467 e. The fourth-order valence-electron chi connectivity index (χ4n) is 1.66. The molecule has 0 fully saturated rings. The summed E-state index contributed by atoms with van der Waals surface area (Å²) >= 11 is 3.13. The van der Waals surface area contributed by atoms with Gasteiger partial charge in [-0.1, -0.05) is 0 Å². The number of halogens is 2. The van der Waals surface area contributed by atoms with E-state index in [-0.39, 0.29) is 12.1 Å². The quantitative estimate of drug-likeness (QED) is 0.822. The van der Waals surface area contributed by atoms with E-state index in [4.69, 9.17) is 9.15 Å². The molecule has 1 aromatic heterocycles. The minimum atomic E-state index is -1.02. The third kappa shape index (κ3) is 4.17. The van der Waals surface area contributed by atoms with Gasteiger partial charge in [0.25, 0.3) is 5.91 Å². The Bertz CT molecular complexity index is 672. The van der Waals surface area contributed by atoms with Crippen molar-refractivity contribution in [2.75, 3.05) is 0 Å². The molecule has 1 aromatic carbocycles. The predicted molar refractivity (Wildman–Crippen MR) is 79.5 cm³/mol. The highest BCUT2D eigenvalue weighted by Gasteiger charge is 2.20. The molecular formula is C15H13BrFNO4. The van der Waals surface area contributed by atoms with Gasteiger partial charge in [-0.25, -0.2) is 9.18 Å². The predicted octanol–water partition coefficient (Wildman–Crippen LogP) is 3.04. The van der Waals surface area contributed by atoms with Crippen LogP contribution in [-0.2, 0) is 16.1 Å². The summed E-state index contributed by atoms with van der Waals surface area (Å²) in [5.41, 5.74) is 0.0192. The Kier molecular flexibility index (Phi) is 5.32. The van der Waals surface area contributed by atoms with Crippen molar-refractivity contribution in [3.05, 3.63) is 58.2 Å². The largest absolute Gasteiger partial charge is 0.467 e. The molecule has 5 nitrogen and oxygen atoms in total. The van der Waals surface area contributed by atoms with Gasteiger partial charge in [-0.2, -0.15) is 0 Å². The number of furan rings is 1. The average Bonchev–Trinajstić information content (AvgIpc) is 3.00. The van der Waals surface area contributed by atoms with E-state index in [1.807, 2.05) is 0 Å². The summed E-state index contributed by atoms with van der Waals surface area (Å²) in [6.45, 7) is 1.62. The fraction of sp³-hybridized carbons (Fsp3) is 0.200. The molecule has 7 heteroatoms. The van der Waals surface area contributed by atoms with Gasteiger partial charge in [-0.15, -0.1) is 0 Å². The van der Waals surface area contributed by atoms with Gasteiger partial charge >= 0.3 is 5.97 Å². The molecule has 0 aliphatic carbocycles. The van der Waals surface area contributed by atoms with Crippen LogP contribution in [0.5, 0.6) is 0 Å². The van der Waals surface area contributed by atoms with Crippen LogP contribution in [0.2, 0.25) is 0 Å². The highest BCUT2D eigenvalue weighted by atomic mass is 79.9. The van der Waals surface area contributed by atoms with Gasteiger partial charge in [0.2, 0.25) is 0 Å². The second-order valence-corrected chi connectivity index (χ2v) is 5.32. The lowest BCUT2D eigenvalue weighted by Gasteiger charge is -2.13. The van der Waals surface area contributed by atoms with Gasteiger partial charge in [0, 0.05) is 4.47 Å². The molecule has 1 unspecified atom stereocenters. The van der Waals surface area contributed by atoms with Crippen LogP contribution in [0.4, 0.5) is 4.39 Å². The minimum absolute atomic E-state index is 0.0192. The molecule has 0 bridgehead atoms. The van der Waals surface area contributed by atoms with E-state index >= 15 is 0 Å². The first-order valence-corrected chi connectivity index (χ1v) is 7.23. The lowest BCUT2D eigenvalue weighted by Crippen LogP contribution is -2.35. The van der Waals surface area contributed by atoms with Crippen molar-refractivity contribution in [3.63, 3.8) is 0 Å². The number of nitrogens with one attached hydrogen (secondary N) is 1. The summed E-state index contributed by atoms with van der Waals surface area (Å²) in [6.07, 6.45) is 0.476. The van der Waals surface area contributed by atoms with Crippen LogP contribution in [-0.4, -0.2) is 18.0 Å². The van der Waals surface area contributed by atoms with Gasteiger partial charge in [-0.3, -0.25) is 4.79 Å². The second kappa shape index (κ2) is 7.22. The summed E-state index contributed by atoms with van der Waals surface area (Å²) in [4.78, 5) is 23.8. The molecule has 1 N–H and O–H groups in total. The summed E-state index contributed by atoms with van der Waals surface area (Å²) in [5.74, 6) is -1.24. The zero-order chi connectivity index (χ0) is 16.1. The Balaban J connectivity index is 1.92. The lowest BCUT2D eigenvalue weighted by atomic mass is 10.2. The maximum Gasteiger partial charge on any atom is 0.340 e. The first-order valence-electron chi connectivity index (χ1n) is 6.43. The van der Waals surface area contributed by atoms with Gasteiger partial charge in [0.05, 0.1) is 18.4 Å². The van der Waals surface area contributed by atoms with E-state index in [0.29, 0.717) is 10.2 Å². The lowest BCUT2D eigenvalue weighted by molar-refractivity contribution is -0.129. The molecule has 22 heavy (non-hydrogen) atoms. The third-order valence-corrected chi connectivity index (χ3v) is 3.51. The Morgan fingerprint density at radius 1 is 1.41 bits per heavy atom. The molecule has 0 saturated heterocycles. The highest BCUT2D eigenvalue weighted by molar-refractivity contribution is 9.10. The standard InChI is InChI=1S/C15H13BrFNO4/c1-9(14(19)18-8-11-3-2-6-21-11)22-15(20)12-7-10(17)4-5-13(12)16/h2-7,9H,8H2,1H3,(H,18,19). The number of esters is 1. The summed E-state index contributed by atoms with van der Waals surface area (Å²) in [7, 11) is 0. The van der Waals surface area contributed by atoms with E-state index in [1.54, 1.807) is 12.1 Å². The topological polar surface area (TPSA) is 68.5 Å². The zero-order valence-corrected chi connectivity index (χ0v) is 13.2.